The summed E-state index contributed by atoms with van der Waals surface area (Å²) in [6.07, 6.45) is 3.30. The predicted octanol–water partition coefficient (Wildman–Crippen LogP) is 3.65. The molecule has 1 aromatic heterocycles. The van der Waals surface area contributed by atoms with Crippen molar-refractivity contribution in [2.45, 2.75) is 52.2 Å². The van der Waals surface area contributed by atoms with Crippen LogP contribution >= 0.6 is 11.3 Å². The van der Waals surface area contributed by atoms with Crippen LogP contribution in [0.25, 0.3) is 0 Å². The Balaban J connectivity index is 2.63. The van der Waals surface area contributed by atoms with Crippen molar-refractivity contribution in [2.24, 2.45) is 5.73 Å². The number of unbranched alkanes of at least 4 members (excludes halogenated alkanes) is 1. The third-order valence-electron chi connectivity index (χ3n) is 2.70. The molecule has 2 N–H and O–H groups in total. The second-order valence-corrected chi connectivity index (χ2v) is 5.48. The van der Waals surface area contributed by atoms with E-state index in [1.807, 2.05) is 0 Å². The van der Waals surface area contributed by atoms with Crippen molar-refractivity contribution in [1.82, 2.24) is 0 Å². The number of hydrogen-bond acceptors (Lipinski definition) is 3. The molecule has 0 aromatic carbocycles. The molecule has 1 rings (SSSR count). The van der Waals surface area contributed by atoms with Crippen LogP contribution in [0.15, 0.2) is 12.1 Å². The van der Waals surface area contributed by atoms with E-state index in [1.54, 1.807) is 11.3 Å². The van der Waals surface area contributed by atoms with Gasteiger partial charge in [-0.2, -0.15) is 0 Å². The van der Waals surface area contributed by atoms with Gasteiger partial charge in [-0.1, -0.05) is 20.3 Å². The maximum Gasteiger partial charge on any atom is 0.107 e. The Morgan fingerprint density at radius 1 is 1.38 bits per heavy atom. The fraction of sp³-hybridized carbons (Fsp3) is 0.692. The predicted molar refractivity (Wildman–Crippen MR) is 70.9 cm³/mol. The van der Waals surface area contributed by atoms with Crippen LogP contribution in [0.2, 0.25) is 0 Å². The molecule has 0 amide bonds. The Bertz CT molecular complexity index is 298. The van der Waals surface area contributed by atoms with Gasteiger partial charge in [0.05, 0.1) is 0 Å². The van der Waals surface area contributed by atoms with E-state index in [9.17, 15) is 0 Å². The molecule has 0 fully saturated rings. The van der Waals surface area contributed by atoms with Crippen LogP contribution in [0.1, 0.15) is 49.0 Å². The second kappa shape index (κ2) is 7.05. The number of aryl methyl sites for hydroxylation is 1. The molecule has 2 atom stereocenters. The normalized spacial score (nSPS) is 15.0. The molecule has 1 heterocycles. The van der Waals surface area contributed by atoms with Crippen LogP contribution < -0.4 is 5.73 Å². The van der Waals surface area contributed by atoms with Crippen LogP contribution in [0.5, 0.6) is 0 Å². The molecule has 16 heavy (non-hydrogen) atoms. The van der Waals surface area contributed by atoms with Gasteiger partial charge < -0.3 is 10.5 Å². The molecular formula is C13H23NOS. The molecule has 3 heteroatoms. The Kier molecular flexibility index (Phi) is 6.03. The first kappa shape index (κ1) is 13.7. The first-order valence-corrected chi connectivity index (χ1v) is 6.94. The summed E-state index contributed by atoms with van der Waals surface area (Å²) in [6.45, 7) is 7.22. The van der Waals surface area contributed by atoms with Crippen molar-refractivity contribution in [1.29, 1.82) is 0 Å². The first-order chi connectivity index (χ1) is 7.69. The van der Waals surface area contributed by atoms with E-state index in [-0.39, 0.29) is 12.1 Å². The van der Waals surface area contributed by atoms with Gasteiger partial charge in [-0.25, -0.2) is 0 Å². The Labute approximate surface area is 103 Å². The van der Waals surface area contributed by atoms with Crippen molar-refractivity contribution in [3.05, 3.63) is 21.9 Å². The molecule has 0 saturated carbocycles. The minimum Gasteiger partial charge on any atom is -0.371 e. The molecular weight excluding hydrogens is 218 g/mol. The lowest BCUT2D eigenvalue weighted by Gasteiger charge is -2.22. The van der Waals surface area contributed by atoms with Crippen molar-refractivity contribution >= 4 is 11.3 Å². The van der Waals surface area contributed by atoms with E-state index >= 15 is 0 Å². The van der Waals surface area contributed by atoms with Crippen molar-refractivity contribution in [3.8, 4) is 0 Å². The highest BCUT2D eigenvalue weighted by molar-refractivity contribution is 7.12. The van der Waals surface area contributed by atoms with Crippen LogP contribution in [0.4, 0.5) is 0 Å². The third kappa shape index (κ3) is 3.89. The van der Waals surface area contributed by atoms with E-state index in [4.69, 9.17) is 10.5 Å². The van der Waals surface area contributed by atoms with Gasteiger partial charge in [-0.15, -0.1) is 11.3 Å². The van der Waals surface area contributed by atoms with Crippen LogP contribution in [0.3, 0.4) is 0 Å². The fourth-order valence-corrected chi connectivity index (χ4v) is 2.59. The Morgan fingerprint density at radius 3 is 2.62 bits per heavy atom. The zero-order valence-electron chi connectivity index (χ0n) is 10.5. The van der Waals surface area contributed by atoms with E-state index < -0.39 is 0 Å². The zero-order chi connectivity index (χ0) is 12.0. The van der Waals surface area contributed by atoms with Gasteiger partial charge in [0.15, 0.2) is 0 Å². The van der Waals surface area contributed by atoms with Crippen molar-refractivity contribution in [3.63, 3.8) is 0 Å². The highest BCUT2D eigenvalue weighted by Crippen LogP contribution is 2.28. The standard InChI is InChI=1S/C13H23NOS/c1-4-6-9-15-13(11(14)5-2)12-8-7-10(3)16-12/h7-8,11,13H,4-6,9,14H2,1-3H3. The quantitative estimate of drug-likeness (QED) is 0.740. The van der Waals surface area contributed by atoms with Gasteiger partial charge in [0.1, 0.15) is 6.10 Å². The molecule has 2 nitrogen and oxygen atoms in total. The molecule has 0 bridgehead atoms. The first-order valence-electron chi connectivity index (χ1n) is 6.12. The number of ether oxygens (including phenoxy) is 1. The molecule has 0 aliphatic heterocycles. The average molecular weight is 241 g/mol. The third-order valence-corrected chi connectivity index (χ3v) is 3.76. The lowest BCUT2D eigenvalue weighted by molar-refractivity contribution is 0.0342. The smallest absolute Gasteiger partial charge is 0.107 e. The molecule has 2 unspecified atom stereocenters. The minimum atomic E-state index is 0.0789. The maximum atomic E-state index is 6.12. The topological polar surface area (TPSA) is 35.2 Å². The van der Waals surface area contributed by atoms with Gasteiger partial charge in [0.2, 0.25) is 0 Å². The van der Waals surface area contributed by atoms with E-state index in [2.05, 4.69) is 32.9 Å². The molecule has 0 aliphatic rings. The Hall–Kier alpha value is -0.380. The van der Waals surface area contributed by atoms with Crippen LogP contribution in [-0.2, 0) is 4.74 Å². The minimum absolute atomic E-state index is 0.0789. The Morgan fingerprint density at radius 2 is 2.12 bits per heavy atom. The van der Waals surface area contributed by atoms with Gasteiger partial charge in [-0.05, 0) is 31.9 Å². The lowest BCUT2D eigenvalue weighted by Crippen LogP contribution is -2.29. The van der Waals surface area contributed by atoms with Gasteiger partial charge in [-0.3, -0.25) is 0 Å². The highest BCUT2D eigenvalue weighted by Gasteiger charge is 2.20. The zero-order valence-corrected chi connectivity index (χ0v) is 11.3. The van der Waals surface area contributed by atoms with E-state index in [0.29, 0.717) is 0 Å². The van der Waals surface area contributed by atoms with Gasteiger partial charge in [0, 0.05) is 22.4 Å². The van der Waals surface area contributed by atoms with Crippen molar-refractivity contribution in [2.75, 3.05) is 6.61 Å². The number of nitrogens with two attached hydrogens (primary N) is 1. The molecule has 0 aliphatic carbocycles. The summed E-state index contributed by atoms with van der Waals surface area (Å²) in [5, 5.41) is 0. The molecule has 0 saturated heterocycles. The summed E-state index contributed by atoms with van der Waals surface area (Å²) in [5.74, 6) is 0. The monoisotopic (exact) mass is 241 g/mol. The summed E-state index contributed by atoms with van der Waals surface area (Å²) < 4.78 is 5.92. The molecule has 92 valence electrons. The highest BCUT2D eigenvalue weighted by atomic mass is 32.1. The summed E-state index contributed by atoms with van der Waals surface area (Å²) >= 11 is 1.79. The maximum absolute atomic E-state index is 6.12. The largest absolute Gasteiger partial charge is 0.371 e. The molecule has 0 radical (unpaired) electrons. The van der Waals surface area contributed by atoms with Crippen molar-refractivity contribution < 1.29 is 4.74 Å². The SMILES string of the molecule is CCCCOC(c1ccc(C)s1)C(N)CC. The number of hydrogen-bond donors (Lipinski definition) is 1. The van der Waals surface area contributed by atoms with E-state index in [1.165, 1.54) is 9.75 Å². The van der Waals surface area contributed by atoms with Gasteiger partial charge >= 0.3 is 0 Å². The fourth-order valence-electron chi connectivity index (χ4n) is 1.59. The summed E-state index contributed by atoms with van der Waals surface area (Å²) in [6, 6.07) is 4.39. The molecule has 1 aromatic rings. The summed E-state index contributed by atoms with van der Waals surface area (Å²) in [7, 11) is 0. The summed E-state index contributed by atoms with van der Waals surface area (Å²) in [5.41, 5.74) is 6.12. The molecule has 0 spiro atoms. The number of rotatable bonds is 7. The second-order valence-electron chi connectivity index (χ2n) is 4.17. The van der Waals surface area contributed by atoms with Crippen LogP contribution in [0, 0.1) is 6.92 Å². The van der Waals surface area contributed by atoms with E-state index in [0.717, 1.165) is 25.9 Å². The van der Waals surface area contributed by atoms with Crippen LogP contribution in [-0.4, -0.2) is 12.6 Å². The van der Waals surface area contributed by atoms with Gasteiger partial charge in [0.25, 0.3) is 0 Å². The number of thiophene rings is 1. The summed E-state index contributed by atoms with van der Waals surface area (Å²) in [4.78, 5) is 2.59. The average Bonchev–Trinajstić information content (AvgIpc) is 2.70. The lowest BCUT2D eigenvalue weighted by atomic mass is 10.1.